The van der Waals surface area contributed by atoms with Crippen molar-refractivity contribution < 1.29 is 18.3 Å². The summed E-state index contributed by atoms with van der Waals surface area (Å²) in [5, 5.41) is 11.3. The molecule has 1 unspecified atom stereocenters. The molecule has 0 aliphatic heterocycles. The predicted octanol–water partition coefficient (Wildman–Crippen LogP) is 4.45. The Labute approximate surface area is 118 Å². The van der Waals surface area contributed by atoms with Crippen LogP contribution in [-0.2, 0) is 0 Å². The predicted molar refractivity (Wildman–Crippen MR) is 71.6 cm³/mol. The highest BCUT2D eigenvalue weighted by Crippen LogP contribution is 2.32. The molecule has 2 aromatic carbocycles. The standard InChI is InChI=1S/C15H9ClF2O2/c16-10-3-1-2-9-7-13(20-15(9)10)14(19)8-4-5-11(17)12(18)6-8/h1-7,14,19H. The van der Waals surface area contributed by atoms with Crippen molar-refractivity contribution in [3.05, 3.63) is 70.4 Å². The third kappa shape index (κ3) is 2.17. The normalized spacial score (nSPS) is 12.8. The molecule has 0 radical (unpaired) electrons. The Bertz CT molecular complexity index is 783. The Balaban J connectivity index is 2.05. The van der Waals surface area contributed by atoms with Crippen LogP contribution in [0.4, 0.5) is 8.78 Å². The molecule has 102 valence electrons. The van der Waals surface area contributed by atoms with Gasteiger partial charge in [-0.25, -0.2) is 8.78 Å². The van der Waals surface area contributed by atoms with Crippen molar-refractivity contribution in [3.8, 4) is 0 Å². The van der Waals surface area contributed by atoms with Gasteiger partial charge in [-0.2, -0.15) is 0 Å². The minimum Gasteiger partial charge on any atom is -0.456 e. The van der Waals surface area contributed by atoms with Crippen LogP contribution in [0.5, 0.6) is 0 Å². The average molecular weight is 295 g/mol. The fourth-order valence-electron chi connectivity index (χ4n) is 2.03. The van der Waals surface area contributed by atoms with E-state index in [1.807, 2.05) is 0 Å². The number of rotatable bonds is 2. The zero-order chi connectivity index (χ0) is 14.3. The molecule has 2 nitrogen and oxygen atoms in total. The summed E-state index contributed by atoms with van der Waals surface area (Å²) in [5.41, 5.74) is 0.657. The van der Waals surface area contributed by atoms with Crippen LogP contribution >= 0.6 is 11.6 Å². The van der Waals surface area contributed by atoms with Gasteiger partial charge in [0.1, 0.15) is 11.9 Å². The quantitative estimate of drug-likeness (QED) is 0.757. The third-order valence-corrected chi connectivity index (χ3v) is 3.34. The summed E-state index contributed by atoms with van der Waals surface area (Å²) in [7, 11) is 0. The maximum absolute atomic E-state index is 13.2. The van der Waals surface area contributed by atoms with E-state index in [2.05, 4.69) is 0 Å². The lowest BCUT2D eigenvalue weighted by atomic mass is 10.1. The van der Waals surface area contributed by atoms with Gasteiger partial charge in [-0.15, -0.1) is 0 Å². The van der Waals surface area contributed by atoms with E-state index in [4.69, 9.17) is 16.0 Å². The van der Waals surface area contributed by atoms with Crippen LogP contribution in [-0.4, -0.2) is 5.11 Å². The molecule has 1 heterocycles. The molecule has 0 bridgehead atoms. The highest BCUT2D eigenvalue weighted by atomic mass is 35.5. The van der Waals surface area contributed by atoms with Crippen molar-refractivity contribution in [1.82, 2.24) is 0 Å². The van der Waals surface area contributed by atoms with Gasteiger partial charge in [-0.05, 0) is 29.8 Å². The molecule has 0 amide bonds. The Morgan fingerprint density at radius 1 is 1.05 bits per heavy atom. The SMILES string of the molecule is OC(c1ccc(F)c(F)c1)c1cc2cccc(Cl)c2o1. The molecular weight excluding hydrogens is 286 g/mol. The number of furan rings is 1. The van der Waals surface area contributed by atoms with Crippen molar-refractivity contribution in [1.29, 1.82) is 0 Å². The van der Waals surface area contributed by atoms with Crippen LogP contribution < -0.4 is 0 Å². The van der Waals surface area contributed by atoms with Crippen molar-refractivity contribution in [2.24, 2.45) is 0 Å². The van der Waals surface area contributed by atoms with Crippen molar-refractivity contribution in [2.75, 3.05) is 0 Å². The van der Waals surface area contributed by atoms with Crippen molar-refractivity contribution in [2.45, 2.75) is 6.10 Å². The third-order valence-electron chi connectivity index (χ3n) is 3.04. The van der Waals surface area contributed by atoms with Gasteiger partial charge < -0.3 is 9.52 Å². The lowest BCUT2D eigenvalue weighted by Crippen LogP contribution is -1.99. The molecule has 1 N–H and O–H groups in total. The van der Waals surface area contributed by atoms with E-state index >= 15 is 0 Å². The van der Waals surface area contributed by atoms with Crippen LogP contribution in [0.25, 0.3) is 11.0 Å². The topological polar surface area (TPSA) is 33.4 Å². The fraction of sp³-hybridized carbons (Fsp3) is 0.0667. The summed E-state index contributed by atoms with van der Waals surface area (Å²) in [6.07, 6.45) is -1.19. The lowest BCUT2D eigenvalue weighted by Gasteiger charge is -2.08. The summed E-state index contributed by atoms with van der Waals surface area (Å²) in [5.74, 6) is -1.76. The van der Waals surface area contributed by atoms with Gasteiger partial charge in [0, 0.05) is 5.39 Å². The summed E-state index contributed by atoms with van der Waals surface area (Å²) < 4.78 is 31.6. The molecular formula is C15H9ClF2O2. The summed E-state index contributed by atoms with van der Waals surface area (Å²) >= 11 is 5.98. The maximum atomic E-state index is 13.2. The molecule has 0 fully saturated rings. The van der Waals surface area contributed by atoms with E-state index in [9.17, 15) is 13.9 Å². The highest BCUT2D eigenvalue weighted by molar-refractivity contribution is 6.34. The first kappa shape index (κ1) is 13.1. The Morgan fingerprint density at radius 3 is 2.55 bits per heavy atom. The molecule has 0 aliphatic rings. The molecule has 1 aromatic heterocycles. The van der Waals surface area contributed by atoms with Gasteiger partial charge in [0.2, 0.25) is 0 Å². The van der Waals surface area contributed by atoms with E-state index in [0.717, 1.165) is 17.5 Å². The van der Waals surface area contributed by atoms with Crippen LogP contribution in [0.1, 0.15) is 17.4 Å². The maximum Gasteiger partial charge on any atom is 0.159 e. The van der Waals surface area contributed by atoms with Gasteiger partial charge in [0.15, 0.2) is 17.2 Å². The summed E-state index contributed by atoms with van der Waals surface area (Å²) in [6, 6.07) is 10.0. The first-order valence-corrected chi connectivity index (χ1v) is 6.25. The second-order valence-electron chi connectivity index (χ2n) is 4.38. The van der Waals surface area contributed by atoms with Crippen LogP contribution in [0.3, 0.4) is 0 Å². The average Bonchev–Trinajstić information content (AvgIpc) is 2.86. The van der Waals surface area contributed by atoms with Gasteiger partial charge in [-0.1, -0.05) is 29.8 Å². The second kappa shape index (κ2) is 4.89. The summed E-state index contributed by atoms with van der Waals surface area (Å²) in [4.78, 5) is 0. The zero-order valence-electron chi connectivity index (χ0n) is 10.1. The number of hydrogen-bond donors (Lipinski definition) is 1. The Morgan fingerprint density at radius 2 is 1.85 bits per heavy atom. The lowest BCUT2D eigenvalue weighted by molar-refractivity contribution is 0.191. The van der Waals surface area contributed by atoms with E-state index in [0.29, 0.717) is 10.6 Å². The van der Waals surface area contributed by atoms with Gasteiger partial charge in [-0.3, -0.25) is 0 Å². The molecule has 5 heteroatoms. The van der Waals surface area contributed by atoms with Crippen LogP contribution in [0, 0.1) is 11.6 Å². The van der Waals surface area contributed by atoms with Crippen LogP contribution in [0.2, 0.25) is 5.02 Å². The number of para-hydroxylation sites is 1. The number of aliphatic hydroxyl groups is 1. The zero-order valence-corrected chi connectivity index (χ0v) is 10.9. The van der Waals surface area contributed by atoms with E-state index in [1.165, 1.54) is 6.07 Å². The fourth-order valence-corrected chi connectivity index (χ4v) is 2.25. The molecule has 1 atom stereocenters. The molecule has 20 heavy (non-hydrogen) atoms. The van der Waals surface area contributed by atoms with Gasteiger partial charge in [0.25, 0.3) is 0 Å². The number of fused-ring (bicyclic) bond motifs is 1. The van der Waals surface area contributed by atoms with E-state index in [1.54, 1.807) is 24.3 Å². The number of hydrogen-bond acceptors (Lipinski definition) is 2. The Hall–Kier alpha value is -1.91. The van der Waals surface area contributed by atoms with Crippen molar-refractivity contribution >= 4 is 22.6 Å². The van der Waals surface area contributed by atoms with E-state index < -0.39 is 17.7 Å². The van der Waals surface area contributed by atoms with Crippen molar-refractivity contribution in [3.63, 3.8) is 0 Å². The largest absolute Gasteiger partial charge is 0.456 e. The minimum absolute atomic E-state index is 0.207. The monoisotopic (exact) mass is 294 g/mol. The van der Waals surface area contributed by atoms with Crippen LogP contribution in [0.15, 0.2) is 46.9 Å². The summed E-state index contributed by atoms with van der Waals surface area (Å²) in [6.45, 7) is 0. The number of halogens is 3. The molecule has 0 aliphatic carbocycles. The first-order chi connectivity index (χ1) is 9.56. The molecule has 0 saturated carbocycles. The number of aliphatic hydroxyl groups excluding tert-OH is 1. The van der Waals surface area contributed by atoms with E-state index in [-0.39, 0.29) is 11.3 Å². The second-order valence-corrected chi connectivity index (χ2v) is 4.79. The smallest absolute Gasteiger partial charge is 0.159 e. The molecule has 0 saturated heterocycles. The van der Waals surface area contributed by atoms with Gasteiger partial charge >= 0.3 is 0 Å². The molecule has 0 spiro atoms. The molecule has 3 aromatic rings. The minimum atomic E-state index is -1.19. The van der Waals surface area contributed by atoms with Gasteiger partial charge in [0.05, 0.1) is 5.02 Å². The Kier molecular flexibility index (Phi) is 3.20. The molecule has 3 rings (SSSR count). The first-order valence-electron chi connectivity index (χ1n) is 5.87. The highest BCUT2D eigenvalue weighted by Gasteiger charge is 2.18. The number of benzene rings is 2.